The lowest BCUT2D eigenvalue weighted by molar-refractivity contribution is 0.0525. The smallest absolute Gasteiger partial charge is 0.251 e. The van der Waals surface area contributed by atoms with Gasteiger partial charge in [-0.3, -0.25) is 4.79 Å². The van der Waals surface area contributed by atoms with Crippen molar-refractivity contribution >= 4 is 15.9 Å². The number of aliphatic hydroxyl groups is 1. The maximum atomic E-state index is 12.5. The lowest BCUT2D eigenvalue weighted by atomic mass is 9.95. The molecule has 0 radical (unpaired) electrons. The molecule has 1 aliphatic heterocycles. The van der Waals surface area contributed by atoms with Crippen LogP contribution in [0.1, 0.15) is 36.7 Å². The van der Waals surface area contributed by atoms with Crippen LogP contribution in [0.3, 0.4) is 0 Å². The van der Waals surface area contributed by atoms with Crippen molar-refractivity contribution in [1.82, 2.24) is 9.62 Å². The average molecular weight is 435 g/mol. The molecule has 0 saturated heterocycles. The topological polar surface area (TPSA) is 105 Å². The number of nitrogens with zero attached hydrogens (tertiary/aromatic N) is 1. The molecule has 30 heavy (non-hydrogen) atoms. The quantitative estimate of drug-likeness (QED) is 0.659. The van der Waals surface area contributed by atoms with E-state index in [1.807, 2.05) is 0 Å². The fourth-order valence-electron chi connectivity index (χ4n) is 3.18. The van der Waals surface area contributed by atoms with Gasteiger partial charge in [-0.1, -0.05) is 19.9 Å². The molecular formula is C21H26N2O6S. The van der Waals surface area contributed by atoms with Gasteiger partial charge in [-0.05, 0) is 48.9 Å². The van der Waals surface area contributed by atoms with E-state index in [0.29, 0.717) is 35.7 Å². The highest BCUT2D eigenvalue weighted by Gasteiger charge is 2.27. The van der Waals surface area contributed by atoms with Crippen molar-refractivity contribution in [3.05, 3.63) is 53.6 Å². The maximum Gasteiger partial charge on any atom is 0.251 e. The highest BCUT2D eigenvalue weighted by atomic mass is 32.2. The Labute approximate surface area is 176 Å². The van der Waals surface area contributed by atoms with E-state index >= 15 is 0 Å². The number of carbonyl (C=O) groups is 1. The van der Waals surface area contributed by atoms with Crippen molar-refractivity contribution in [1.29, 1.82) is 0 Å². The number of benzene rings is 2. The predicted molar refractivity (Wildman–Crippen MR) is 111 cm³/mol. The number of rotatable bonds is 8. The molecule has 0 fully saturated rings. The van der Waals surface area contributed by atoms with Gasteiger partial charge in [0.2, 0.25) is 16.8 Å². The monoisotopic (exact) mass is 434 g/mol. The Balaban J connectivity index is 1.67. The van der Waals surface area contributed by atoms with Crippen LogP contribution in [-0.4, -0.2) is 50.2 Å². The number of nitrogens with one attached hydrogen (secondary N) is 1. The standard InChI is InChI=1S/C21H26N2O6S/c1-4-23(5-2)30(26,27)17-9-6-15(7-10-17)20(24)22-13-21(3,25)16-8-11-18-19(12-16)29-14-28-18/h6-12,25H,4-5,13-14H2,1-3H3,(H,22,24). The van der Waals surface area contributed by atoms with Gasteiger partial charge in [0.25, 0.3) is 5.91 Å². The van der Waals surface area contributed by atoms with Crippen LogP contribution in [0.15, 0.2) is 47.4 Å². The summed E-state index contributed by atoms with van der Waals surface area (Å²) in [5, 5.41) is 13.5. The Morgan fingerprint density at radius 1 is 1.10 bits per heavy atom. The molecule has 1 heterocycles. The second-order valence-electron chi connectivity index (χ2n) is 7.14. The van der Waals surface area contributed by atoms with Crippen molar-refractivity contribution in [2.24, 2.45) is 0 Å². The first-order valence-corrected chi connectivity index (χ1v) is 11.1. The van der Waals surface area contributed by atoms with E-state index < -0.39 is 21.5 Å². The van der Waals surface area contributed by atoms with E-state index in [-0.39, 0.29) is 18.2 Å². The number of amides is 1. The third kappa shape index (κ3) is 4.43. The first-order valence-electron chi connectivity index (χ1n) is 9.70. The number of ether oxygens (including phenoxy) is 2. The number of sulfonamides is 1. The SMILES string of the molecule is CCN(CC)S(=O)(=O)c1ccc(C(=O)NCC(C)(O)c2ccc3c(c2)OCO3)cc1. The van der Waals surface area contributed by atoms with Crippen LogP contribution >= 0.6 is 0 Å². The molecule has 0 saturated carbocycles. The van der Waals surface area contributed by atoms with Gasteiger partial charge in [0.05, 0.1) is 11.4 Å². The van der Waals surface area contributed by atoms with Gasteiger partial charge >= 0.3 is 0 Å². The molecule has 2 aromatic rings. The van der Waals surface area contributed by atoms with Gasteiger partial charge in [-0.2, -0.15) is 4.31 Å². The molecule has 162 valence electrons. The van der Waals surface area contributed by atoms with Gasteiger partial charge in [-0.15, -0.1) is 0 Å². The van der Waals surface area contributed by atoms with Gasteiger partial charge in [0.15, 0.2) is 11.5 Å². The zero-order valence-electron chi connectivity index (χ0n) is 17.2. The van der Waals surface area contributed by atoms with Crippen LogP contribution in [0.2, 0.25) is 0 Å². The Hall–Kier alpha value is -2.62. The molecule has 0 aromatic heterocycles. The molecule has 2 aromatic carbocycles. The Morgan fingerprint density at radius 2 is 1.73 bits per heavy atom. The summed E-state index contributed by atoms with van der Waals surface area (Å²) in [6, 6.07) is 10.9. The highest BCUT2D eigenvalue weighted by Crippen LogP contribution is 2.35. The lowest BCUT2D eigenvalue weighted by Crippen LogP contribution is -2.38. The average Bonchev–Trinajstić information content (AvgIpc) is 3.21. The van der Waals surface area contributed by atoms with Gasteiger partial charge in [0, 0.05) is 18.7 Å². The zero-order valence-corrected chi connectivity index (χ0v) is 18.0. The largest absolute Gasteiger partial charge is 0.454 e. The fraction of sp³-hybridized carbons (Fsp3) is 0.381. The van der Waals surface area contributed by atoms with Crippen LogP contribution in [0.25, 0.3) is 0 Å². The minimum Gasteiger partial charge on any atom is -0.454 e. The third-order valence-corrected chi connectivity index (χ3v) is 7.11. The Bertz CT molecular complexity index is 1010. The van der Waals surface area contributed by atoms with Crippen molar-refractivity contribution in [2.75, 3.05) is 26.4 Å². The van der Waals surface area contributed by atoms with Gasteiger partial charge < -0.3 is 19.9 Å². The summed E-state index contributed by atoms with van der Waals surface area (Å²) in [6.07, 6.45) is 0. The van der Waals surface area contributed by atoms with Crippen molar-refractivity contribution in [3.8, 4) is 11.5 Å². The van der Waals surface area contributed by atoms with Crippen LogP contribution in [0.5, 0.6) is 11.5 Å². The van der Waals surface area contributed by atoms with E-state index in [4.69, 9.17) is 9.47 Å². The molecule has 2 N–H and O–H groups in total. The van der Waals surface area contributed by atoms with Crippen LogP contribution in [0, 0.1) is 0 Å². The molecule has 1 amide bonds. The van der Waals surface area contributed by atoms with Gasteiger partial charge in [0.1, 0.15) is 5.60 Å². The third-order valence-electron chi connectivity index (χ3n) is 5.05. The first kappa shape index (κ1) is 22.1. The zero-order chi connectivity index (χ0) is 21.9. The second kappa shape index (κ2) is 8.63. The summed E-state index contributed by atoms with van der Waals surface area (Å²) in [5.41, 5.74) is -0.453. The summed E-state index contributed by atoms with van der Waals surface area (Å²) in [5.74, 6) is 0.741. The van der Waals surface area contributed by atoms with Crippen molar-refractivity contribution in [3.63, 3.8) is 0 Å². The maximum absolute atomic E-state index is 12.5. The van der Waals surface area contributed by atoms with Crippen molar-refractivity contribution < 1.29 is 27.8 Å². The highest BCUT2D eigenvalue weighted by molar-refractivity contribution is 7.89. The minimum absolute atomic E-state index is 0.0367. The van der Waals surface area contributed by atoms with Crippen LogP contribution in [0.4, 0.5) is 0 Å². The fourth-order valence-corrected chi connectivity index (χ4v) is 4.64. The summed E-state index contributed by atoms with van der Waals surface area (Å²) >= 11 is 0. The van der Waals surface area contributed by atoms with Crippen molar-refractivity contribution in [2.45, 2.75) is 31.3 Å². The molecule has 1 atom stereocenters. The van der Waals surface area contributed by atoms with Crippen LogP contribution < -0.4 is 14.8 Å². The summed E-state index contributed by atoms with van der Waals surface area (Å²) in [6.45, 7) is 5.98. The summed E-state index contributed by atoms with van der Waals surface area (Å²) in [4.78, 5) is 12.6. The lowest BCUT2D eigenvalue weighted by Gasteiger charge is -2.24. The van der Waals surface area contributed by atoms with Gasteiger partial charge in [-0.25, -0.2) is 8.42 Å². The molecular weight excluding hydrogens is 408 g/mol. The normalized spacial score (nSPS) is 15.1. The molecule has 9 heteroatoms. The molecule has 0 aliphatic carbocycles. The predicted octanol–water partition coefficient (Wildman–Crippen LogP) is 2.08. The van der Waals surface area contributed by atoms with E-state index in [2.05, 4.69) is 5.32 Å². The number of carbonyl (C=O) groups excluding carboxylic acids is 1. The molecule has 0 spiro atoms. The molecule has 1 aliphatic rings. The number of hydrogen-bond donors (Lipinski definition) is 2. The van der Waals surface area contributed by atoms with E-state index in [1.165, 1.54) is 28.6 Å². The summed E-state index contributed by atoms with van der Waals surface area (Å²) in [7, 11) is -3.58. The van der Waals surface area contributed by atoms with E-state index in [9.17, 15) is 18.3 Å². The molecule has 8 nitrogen and oxygen atoms in total. The summed E-state index contributed by atoms with van der Waals surface area (Å²) < 4.78 is 37.0. The Morgan fingerprint density at radius 3 is 2.37 bits per heavy atom. The van der Waals surface area contributed by atoms with Crippen LogP contribution in [-0.2, 0) is 15.6 Å². The molecule has 1 unspecified atom stereocenters. The molecule has 0 bridgehead atoms. The first-order chi connectivity index (χ1) is 14.2. The van der Waals surface area contributed by atoms with E-state index in [1.54, 1.807) is 39.0 Å². The Kier molecular flexibility index (Phi) is 6.35. The second-order valence-corrected chi connectivity index (χ2v) is 9.08. The minimum atomic E-state index is -3.58. The van der Waals surface area contributed by atoms with E-state index in [0.717, 1.165) is 0 Å². The number of fused-ring (bicyclic) bond motifs is 1. The molecule has 3 rings (SSSR count). The number of hydrogen-bond acceptors (Lipinski definition) is 6.